The van der Waals surface area contributed by atoms with Gasteiger partial charge in [0.1, 0.15) is 23.2 Å². The molecule has 0 aromatic heterocycles. The van der Waals surface area contributed by atoms with E-state index in [0.29, 0.717) is 6.42 Å². The van der Waals surface area contributed by atoms with Gasteiger partial charge in [-0.05, 0) is 97.9 Å². The molecular formula is C40H43NP+. The Morgan fingerprint density at radius 3 is 2.17 bits per heavy atom. The average molecular weight is 569 g/mol. The van der Waals surface area contributed by atoms with E-state index in [1.54, 1.807) is 0 Å². The van der Waals surface area contributed by atoms with Crippen molar-refractivity contribution >= 4 is 23.6 Å². The third kappa shape index (κ3) is 6.70. The molecule has 2 aromatic carbocycles. The second-order valence-corrected chi connectivity index (χ2v) is 14.5. The van der Waals surface area contributed by atoms with Crippen molar-refractivity contribution in [1.29, 1.82) is 0 Å². The maximum Gasteiger partial charge on any atom is 0.109 e. The summed E-state index contributed by atoms with van der Waals surface area (Å²) >= 11 is 0. The quantitative estimate of drug-likeness (QED) is 0.154. The number of hydrogen-bond acceptors (Lipinski definition) is 1. The molecule has 0 saturated carbocycles. The summed E-state index contributed by atoms with van der Waals surface area (Å²) < 4.78 is 0. The Labute approximate surface area is 254 Å². The van der Waals surface area contributed by atoms with Crippen molar-refractivity contribution in [2.45, 2.75) is 39.7 Å². The Kier molecular flexibility index (Phi) is 10.5. The fourth-order valence-electron chi connectivity index (χ4n) is 5.49. The highest BCUT2D eigenvalue weighted by molar-refractivity contribution is 7.92. The maximum absolute atomic E-state index is 5.35. The number of nitrogens with zero attached hydrogens (tertiary/aromatic N) is 1. The molecule has 0 aliphatic heterocycles. The van der Waals surface area contributed by atoms with E-state index in [2.05, 4.69) is 156 Å². The Morgan fingerprint density at radius 1 is 0.929 bits per heavy atom. The molecule has 4 rings (SSSR count). The predicted octanol–water partition coefficient (Wildman–Crippen LogP) is 9.96. The Hall–Kier alpha value is -4.06. The van der Waals surface area contributed by atoms with E-state index in [1.807, 2.05) is 12.2 Å². The lowest BCUT2D eigenvalue weighted by Gasteiger charge is -2.25. The van der Waals surface area contributed by atoms with Crippen molar-refractivity contribution in [3.8, 4) is 0 Å². The van der Waals surface area contributed by atoms with Gasteiger partial charge in [0, 0.05) is 5.57 Å². The molecule has 2 heteroatoms. The van der Waals surface area contributed by atoms with Crippen LogP contribution in [-0.2, 0) is 0 Å². The van der Waals surface area contributed by atoms with Crippen LogP contribution in [0, 0.1) is 0 Å². The van der Waals surface area contributed by atoms with Gasteiger partial charge in [-0.15, -0.1) is 6.58 Å². The van der Waals surface area contributed by atoms with Gasteiger partial charge in [0.15, 0.2) is 0 Å². The summed E-state index contributed by atoms with van der Waals surface area (Å²) in [6, 6.07) is 21.7. The second kappa shape index (κ2) is 14.2. The average Bonchev–Trinajstić information content (AvgIpc) is 3.32. The second-order valence-electron chi connectivity index (χ2n) is 10.9. The summed E-state index contributed by atoms with van der Waals surface area (Å²) in [5, 5.41) is 3.83. The molecular weight excluding hydrogens is 525 g/mol. The minimum Gasteiger partial charge on any atom is -0.277 e. The van der Waals surface area contributed by atoms with Crippen LogP contribution in [0.1, 0.15) is 33.6 Å². The van der Waals surface area contributed by atoms with Crippen molar-refractivity contribution in [2.75, 3.05) is 6.66 Å². The van der Waals surface area contributed by atoms with Gasteiger partial charge < -0.3 is 0 Å². The van der Waals surface area contributed by atoms with Crippen LogP contribution in [0.15, 0.2) is 185 Å². The zero-order chi connectivity index (χ0) is 30.1. The van der Waals surface area contributed by atoms with Gasteiger partial charge in [-0.3, -0.25) is 4.99 Å². The van der Waals surface area contributed by atoms with Crippen molar-refractivity contribution in [3.63, 3.8) is 0 Å². The van der Waals surface area contributed by atoms with Gasteiger partial charge in [0.05, 0.1) is 18.4 Å². The van der Waals surface area contributed by atoms with Crippen LogP contribution in [0.3, 0.4) is 0 Å². The molecule has 0 saturated heterocycles. The molecule has 212 valence electrons. The molecule has 0 fully saturated rings. The zero-order valence-corrected chi connectivity index (χ0v) is 26.4. The first kappa shape index (κ1) is 30.9. The van der Waals surface area contributed by atoms with Gasteiger partial charge in [0.25, 0.3) is 0 Å². The summed E-state index contributed by atoms with van der Waals surface area (Å²) in [5.41, 5.74) is 8.00. The van der Waals surface area contributed by atoms with Crippen molar-refractivity contribution in [1.82, 2.24) is 0 Å². The van der Waals surface area contributed by atoms with E-state index in [0.717, 1.165) is 28.9 Å². The first-order chi connectivity index (χ1) is 20.3. The van der Waals surface area contributed by atoms with E-state index in [4.69, 9.17) is 4.99 Å². The normalized spacial score (nSPS) is 18.4. The third-order valence-electron chi connectivity index (χ3n) is 8.24. The molecule has 0 radical (unpaired) electrons. The fourth-order valence-corrected chi connectivity index (χ4v) is 8.70. The smallest absolute Gasteiger partial charge is 0.109 e. The molecule has 1 atom stereocenters. The Bertz CT molecular complexity index is 1540. The number of hydrogen-bond donors (Lipinski definition) is 0. The summed E-state index contributed by atoms with van der Waals surface area (Å²) in [6.07, 6.45) is 22.9. The number of rotatable bonds is 10. The van der Waals surface area contributed by atoms with E-state index in [9.17, 15) is 0 Å². The van der Waals surface area contributed by atoms with Crippen LogP contribution >= 0.6 is 7.26 Å². The van der Waals surface area contributed by atoms with Crippen molar-refractivity contribution < 1.29 is 0 Å². The Balaban J connectivity index is 1.87. The molecule has 2 aromatic rings. The van der Waals surface area contributed by atoms with Crippen LogP contribution in [0.5, 0.6) is 0 Å². The largest absolute Gasteiger partial charge is 0.277 e. The summed E-state index contributed by atoms with van der Waals surface area (Å²) in [4.78, 5) is 5.35. The molecule has 1 unspecified atom stereocenters. The van der Waals surface area contributed by atoms with Gasteiger partial charge in [-0.2, -0.15) is 0 Å². The van der Waals surface area contributed by atoms with Crippen LogP contribution < -0.4 is 10.6 Å². The molecule has 0 amide bonds. The van der Waals surface area contributed by atoms with Crippen molar-refractivity contribution in [3.05, 3.63) is 180 Å². The number of aliphatic imine (C=N–C) groups is 1. The lowest BCUT2D eigenvalue weighted by Crippen LogP contribution is -2.22. The van der Waals surface area contributed by atoms with Gasteiger partial charge in [-0.25, -0.2) is 0 Å². The number of allylic oxidation sites excluding steroid dienone is 16. The summed E-state index contributed by atoms with van der Waals surface area (Å²) in [7, 11) is -1.96. The highest BCUT2D eigenvalue weighted by atomic mass is 31.2. The topological polar surface area (TPSA) is 12.4 Å². The SMILES string of the molecule is C=CC/C(C(=C)/C=C(\C=C)[P+](C)(c1ccccc1)c1ccccc1)=C1/C=CC(C)=C(C)C1=NC(C)C1=CC=CC=CC1. The van der Waals surface area contributed by atoms with Gasteiger partial charge in [-0.1, -0.05) is 98.2 Å². The van der Waals surface area contributed by atoms with E-state index >= 15 is 0 Å². The monoisotopic (exact) mass is 568 g/mol. The first-order valence-electron chi connectivity index (χ1n) is 14.6. The maximum atomic E-state index is 5.35. The zero-order valence-electron chi connectivity index (χ0n) is 25.6. The first-order valence-corrected chi connectivity index (χ1v) is 16.9. The van der Waals surface area contributed by atoms with Crippen molar-refractivity contribution in [2.24, 2.45) is 4.99 Å². The van der Waals surface area contributed by atoms with Gasteiger partial charge >= 0.3 is 0 Å². The minimum absolute atomic E-state index is 0.0551. The predicted molar refractivity (Wildman–Crippen MR) is 190 cm³/mol. The lowest BCUT2D eigenvalue weighted by molar-refractivity contribution is 0.836. The lowest BCUT2D eigenvalue weighted by atomic mass is 9.86. The summed E-state index contributed by atoms with van der Waals surface area (Å²) in [6.45, 7) is 22.0. The van der Waals surface area contributed by atoms with E-state index in [-0.39, 0.29) is 6.04 Å². The van der Waals surface area contributed by atoms with Crippen LogP contribution in [0.2, 0.25) is 0 Å². The molecule has 1 nitrogen and oxygen atoms in total. The van der Waals surface area contributed by atoms with E-state index < -0.39 is 7.26 Å². The third-order valence-corrected chi connectivity index (χ3v) is 12.2. The minimum atomic E-state index is -1.96. The van der Waals surface area contributed by atoms with Crippen LogP contribution in [0.4, 0.5) is 0 Å². The van der Waals surface area contributed by atoms with Gasteiger partial charge in [0.2, 0.25) is 0 Å². The fraction of sp³-hybridized carbons (Fsp3) is 0.175. The van der Waals surface area contributed by atoms with Crippen LogP contribution in [0.25, 0.3) is 0 Å². The van der Waals surface area contributed by atoms with Crippen LogP contribution in [-0.4, -0.2) is 18.4 Å². The molecule has 42 heavy (non-hydrogen) atoms. The molecule has 0 N–H and O–H groups in total. The standard InChI is InChI=1S/C40H43NP/c1-8-20-38(39-28-27-30(3)32(5)40(39)41-33(6)34-21-14-10-11-15-22-34)31(4)29-35(9-2)42(7,36-23-16-12-17-24-36)37-25-18-13-19-26-37/h8-19,21,23-29,33H,1-2,4,20,22H2,3,5-7H3/q+1/b35-29+,39-38+,41-40?. The highest BCUT2D eigenvalue weighted by Crippen LogP contribution is 2.61. The molecule has 0 heterocycles. The summed E-state index contributed by atoms with van der Waals surface area (Å²) in [5.74, 6) is 0. The Morgan fingerprint density at radius 2 is 1.57 bits per heavy atom. The molecule has 2 aliphatic carbocycles. The molecule has 0 bridgehead atoms. The van der Waals surface area contributed by atoms with E-state index in [1.165, 1.54) is 32.6 Å². The highest BCUT2D eigenvalue weighted by Gasteiger charge is 2.41. The molecule has 0 spiro atoms. The number of benzene rings is 2. The molecule has 2 aliphatic rings.